The highest BCUT2D eigenvalue weighted by Crippen LogP contribution is 2.29. The number of carboxylic acids is 1. The molecule has 1 N–H and O–H groups in total. The van der Waals surface area contributed by atoms with Crippen molar-refractivity contribution in [3.63, 3.8) is 0 Å². The number of benzene rings is 4. The fraction of sp³-hybridized carbons (Fsp3) is 0.278. The van der Waals surface area contributed by atoms with E-state index < -0.39 is 5.97 Å². The summed E-state index contributed by atoms with van der Waals surface area (Å²) in [6.45, 7) is 10.0. The first-order chi connectivity index (χ1) is 19.8. The van der Waals surface area contributed by atoms with Crippen molar-refractivity contribution in [3.8, 4) is 22.9 Å². The minimum atomic E-state index is -1.12. The van der Waals surface area contributed by atoms with E-state index in [4.69, 9.17) is 10.00 Å². The molecule has 0 atom stereocenters. The predicted octanol–water partition coefficient (Wildman–Crippen LogP) is 8.82. The van der Waals surface area contributed by atoms with Crippen molar-refractivity contribution in [3.05, 3.63) is 119 Å². The molecular formula is C36H38N2O3. The molecule has 5 heteroatoms. The van der Waals surface area contributed by atoms with Crippen molar-refractivity contribution in [2.24, 2.45) is 0 Å². The first-order valence-electron chi connectivity index (χ1n) is 14.3. The van der Waals surface area contributed by atoms with Crippen LogP contribution < -0.4 is 9.64 Å². The molecule has 0 saturated carbocycles. The molecule has 210 valence electrons. The second kappa shape index (κ2) is 13.7. The maximum atomic E-state index is 11.6. The van der Waals surface area contributed by atoms with Crippen LogP contribution in [0.1, 0.15) is 79.1 Å². The lowest BCUT2D eigenvalue weighted by atomic mass is 9.94. The second-order valence-electron chi connectivity index (χ2n) is 10.6. The van der Waals surface area contributed by atoms with Crippen molar-refractivity contribution in [2.45, 2.75) is 65.6 Å². The lowest BCUT2D eigenvalue weighted by Gasteiger charge is -2.30. The Balaban J connectivity index is 1.46. The number of rotatable bonds is 12. The maximum Gasteiger partial charge on any atom is 0.339 e. The third-order valence-corrected chi connectivity index (χ3v) is 7.61. The Hall–Kier alpha value is -4.56. The second-order valence-corrected chi connectivity index (χ2v) is 10.6. The first-order valence-corrected chi connectivity index (χ1v) is 14.3. The van der Waals surface area contributed by atoms with Gasteiger partial charge in [0.05, 0.1) is 11.6 Å². The van der Waals surface area contributed by atoms with Crippen molar-refractivity contribution in [1.29, 1.82) is 5.26 Å². The first kappa shape index (κ1) is 29.4. The highest BCUT2D eigenvalue weighted by atomic mass is 16.5. The Bertz CT molecular complexity index is 1500. The van der Waals surface area contributed by atoms with Crippen molar-refractivity contribution in [1.82, 2.24) is 0 Å². The summed E-state index contributed by atoms with van der Waals surface area (Å²) in [7, 11) is 0. The van der Waals surface area contributed by atoms with E-state index in [-0.39, 0.29) is 23.5 Å². The topological polar surface area (TPSA) is 73.6 Å². The molecular weight excluding hydrogens is 508 g/mol. The number of aromatic carboxylic acids is 1. The minimum Gasteiger partial charge on any atom is -0.488 e. The van der Waals surface area contributed by atoms with Crippen LogP contribution in [0.4, 0.5) is 5.69 Å². The molecule has 0 saturated heterocycles. The van der Waals surface area contributed by atoms with Crippen molar-refractivity contribution < 1.29 is 14.6 Å². The van der Waals surface area contributed by atoms with Crippen LogP contribution in [0, 0.1) is 11.3 Å². The quantitative estimate of drug-likeness (QED) is 0.192. The van der Waals surface area contributed by atoms with Gasteiger partial charge in [-0.05, 0) is 96.8 Å². The van der Waals surface area contributed by atoms with E-state index in [2.05, 4.69) is 93.3 Å². The molecule has 0 heterocycles. The zero-order chi connectivity index (χ0) is 29.4. The lowest BCUT2D eigenvalue weighted by molar-refractivity contribution is 0.0691. The summed E-state index contributed by atoms with van der Waals surface area (Å²) in [4.78, 5) is 14.0. The summed E-state index contributed by atoms with van der Waals surface area (Å²) in [6, 6.07) is 32.6. The number of nitriles is 1. The fourth-order valence-electron chi connectivity index (χ4n) is 5.16. The standard InChI is InChI=1S/C36H38N2O3/c1-5-29(6-2)30-15-17-33(18-16-30)38(25(3)4)23-28-8-7-9-32(20-28)31-13-10-26(11-14-31)24-41-35-19-12-27(22-37)21-34(35)36(39)40/h7-21,25,29H,5-6,23-24H2,1-4H3,(H,39,40). The number of ether oxygens (including phenoxy) is 1. The Kier molecular flexibility index (Phi) is 9.81. The molecule has 0 radical (unpaired) electrons. The molecule has 41 heavy (non-hydrogen) atoms. The van der Waals surface area contributed by atoms with Gasteiger partial charge in [-0.15, -0.1) is 0 Å². The van der Waals surface area contributed by atoms with Crippen LogP contribution in [0.2, 0.25) is 0 Å². The normalized spacial score (nSPS) is 11.0. The van der Waals surface area contributed by atoms with Crippen LogP contribution in [-0.2, 0) is 13.2 Å². The van der Waals surface area contributed by atoms with Gasteiger partial charge in [0.2, 0.25) is 0 Å². The largest absolute Gasteiger partial charge is 0.488 e. The minimum absolute atomic E-state index is 0.0185. The van der Waals surface area contributed by atoms with Crippen LogP contribution in [0.5, 0.6) is 5.75 Å². The molecule has 4 aromatic rings. The van der Waals surface area contributed by atoms with Gasteiger partial charge in [-0.3, -0.25) is 0 Å². The third-order valence-electron chi connectivity index (χ3n) is 7.61. The molecule has 0 unspecified atom stereocenters. The molecule has 0 bridgehead atoms. The highest BCUT2D eigenvalue weighted by molar-refractivity contribution is 5.91. The average molecular weight is 547 g/mol. The van der Waals surface area contributed by atoms with Gasteiger partial charge < -0.3 is 14.7 Å². The number of anilines is 1. The Morgan fingerprint density at radius 2 is 1.59 bits per heavy atom. The summed E-state index contributed by atoms with van der Waals surface area (Å²) in [5.74, 6) is -0.264. The van der Waals surface area contributed by atoms with E-state index in [1.165, 1.54) is 28.9 Å². The van der Waals surface area contributed by atoms with Crippen LogP contribution in [0.15, 0.2) is 91.0 Å². The van der Waals surface area contributed by atoms with Crippen molar-refractivity contribution >= 4 is 11.7 Å². The molecule has 0 fully saturated rings. The summed E-state index contributed by atoms with van der Waals surface area (Å²) in [5, 5.41) is 18.5. The Labute approximate surface area is 243 Å². The number of hydrogen-bond acceptors (Lipinski definition) is 4. The van der Waals surface area contributed by atoms with Gasteiger partial charge in [0, 0.05) is 18.3 Å². The van der Waals surface area contributed by atoms with Crippen LogP contribution >= 0.6 is 0 Å². The molecule has 0 amide bonds. The molecule has 4 rings (SSSR count). The SMILES string of the molecule is CCC(CC)c1ccc(N(Cc2cccc(-c3ccc(COc4ccc(C#N)cc4C(=O)O)cc3)c2)C(C)C)cc1. The molecule has 0 aliphatic heterocycles. The average Bonchev–Trinajstić information content (AvgIpc) is 3.00. The highest BCUT2D eigenvalue weighted by Gasteiger charge is 2.15. The summed E-state index contributed by atoms with van der Waals surface area (Å²) < 4.78 is 5.79. The van der Waals surface area contributed by atoms with Gasteiger partial charge in [-0.2, -0.15) is 5.26 Å². The number of carboxylic acid groups (broad SMARTS) is 1. The number of carbonyl (C=O) groups is 1. The van der Waals surface area contributed by atoms with E-state index in [0.717, 1.165) is 36.1 Å². The van der Waals surface area contributed by atoms with Gasteiger partial charge >= 0.3 is 5.97 Å². The van der Waals surface area contributed by atoms with E-state index in [9.17, 15) is 9.90 Å². The lowest BCUT2D eigenvalue weighted by Crippen LogP contribution is -2.30. The van der Waals surface area contributed by atoms with E-state index in [0.29, 0.717) is 12.0 Å². The monoisotopic (exact) mass is 546 g/mol. The molecule has 0 spiro atoms. The van der Waals surface area contributed by atoms with Crippen molar-refractivity contribution in [2.75, 3.05) is 4.90 Å². The number of hydrogen-bond donors (Lipinski definition) is 1. The summed E-state index contributed by atoms with van der Waals surface area (Å²) in [6.07, 6.45) is 2.32. The Morgan fingerprint density at radius 3 is 2.20 bits per heavy atom. The van der Waals surface area contributed by atoms with Gasteiger partial charge in [-0.25, -0.2) is 4.79 Å². The van der Waals surface area contributed by atoms with Crippen LogP contribution in [0.3, 0.4) is 0 Å². The molecule has 5 nitrogen and oxygen atoms in total. The smallest absolute Gasteiger partial charge is 0.339 e. The summed E-state index contributed by atoms with van der Waals surface area (Å²) >= 11 is 0. The zero-order valence-corrected chi connectivity index (χ0v) is 24.3. The number of nitrogens with zero attached hydrogens (tertiary/aromatic N) is 2. The summed E-state index contributed by atoms with van der Waals surface area (Å²) in [5.41, 5.74) is 7.33. The zero-order valence-electron chi connectivity index (χ0n) is 24.3. The van der Waals surface area contributed by atoms with Crippen LogP contribution in [0.25, 0.3) is 11.1 Å². The molecule has 0 aliphatic rings. The van der Waals surface area contributed by atoms with Gasteiger partial charge in [0.25, 0.3) is 0 Å². The Morgan fingerprint density at radius 1 is 0.878 bits per heavy atom. The van der Waals surface area contributed by atoms with E-state index in [1.807, 2.05) is 18.2 Å². The molecule has 0 aliphatic carbocycles. The fourth-order valence-corrected chi connectivity index (χ4v) is 5.16. The predicted molar refractivity (Wildman–Crippen MR) is 165 cm³/mol. The van der Waals surface area contributed by atoms with Gasteiger partial charge in [-0.1, -0.05) is 68.4 Å². The van der Waals surface area contributed by atoms with E-state index >= 15 is 0 Å². The van der Waals surface area contributed by atoms with Crippen LogP contribution in [-0.4, -0.2) is 17.1 Å². The molecule has 0 aromatic heterocycles. The maximum absolute atomic E-state index is 11.6. The van der Waals surface area contributed by atoms with Gasteiger partial charge in [0.1, 0.15) is 17.9 Å². The van der Waals surface area contributed by atoms with Gasteiger partial charge in [0.15, 0.2) is 0 Å². The van der Waals surface area contributed by atoms with E-state index in [1.54, 1.807) is 6.07 Å². The molecule has 4 aromatic carbocycles. The third kappa shape index (κ3) is 7.35.